The van der Waals surface area contributed by atoms with Crippen LogP contribution in [0.2, 0.25) is 0 Å². The highest BCUT2D eigenvalue weighted by molar-refractivity contribution is 5.29. The Kier molecular flexibility index (Phi) is 2.00. The molecule has 2 nitrogen and oxygen atoms in total. The molecule has 1 atom stereocenters. The van der Waals surface area contributed by atoms with Crippen LogP contribution < -0.4 is 5.32 Å². The highest BCUT2D eigenvalue weighted by Crippen LogP contribution is 2.24. The molecule has 0 saturated carbocycles. The van der Waals surface area contributed by atoms with Crippen molar-refractivity contribution in [3.05, 3.63) is 29.8 Å². The first-order valence-corrected chi connectivity index (χ1v) is 4.38. The van der Waals surface area contributed by atoms with E-state index in [-0.39, 0.29) is 0 Å². The number of hydrogen-bond donors (Lipinski definition) is 2. The van der Waals surface area contributed by atoms with Crippen molar-refractivity contribution >= 4 is 0 Å². The van der Waals surface area contributed by atoms with Gasteiger partial charge in [-0.1, -0.05) is 12.1 Å². The van der Waals surface area contributed by atoms with Crippen LogP contribution in [-0.2, 0) is 0 Å². The fraction of sp³-hybridized carbons (Fsp3) is 0.400. The highest BCUT2D eigenvalue weighted by atomic mass is 16.3. The average molecular weight is 163 g/mol. The summed E-state index contributed by atoms with van der Waals surface area (Å²) in [5.41, 5.74) is 1.20. The fourth-order valence-corrected chi connectivity index (χ4v) is 1.71. The van der Waals surface area contributed by atoms with Crippen molar-refractivity contribution in [3.63, 3.8) is 0 Å². The van der Waals surface area contributed by atoms with E-state index in [1.54, 1.807) is 6.07 Å². The van der Waals surface area contributed by atoms with Crippen LogP contribution in [0, 0.1) is 0 Å². The Morgan fingerprint density at radius 2 is 2.33 bits per heavy atom. The number of rotatable bonds is 1. The second kappa shape index (κ2) is 3.15. The zero-order valence-electron chi connectivity index (χ0n) is 6.96. The van der Waals surface area contributed by atoms with Crippen molar-refractivity contribution in [1.29, 1.82) is 0 Å². The van der Waals surface area contributed by atoms with Gasteiger partial charge in [0.05, 0.1) is 0 Å². The van der Waals surface area contributed by atoms with Gasteiger partial charge in [0.15, 0.2) is 0 Å². The molecule has 0 radical (unpaired) electrons. The summed E-state index contributed by atoms with van der Waals surface area (Å²) in [6.07, 6.45) is 2.42. The lowest BCUT2D eigenvalue weighted by molar-refractivity contribution is 0.473. The van der Waals surface area contributed by atoms with Crippen molar-refractivity contribution < 1.29 is 5.11 Å². The van der Waals surface area contributed by atoms with E-state index in [1.807, 2.05) is 12.1 Å². The van der Waals surface area contributed by atoms with Gasteiger partial charge >= 0.3 is 0 Å². The monoisotopic (exact) mass is 163 g/mol. The Balaban J connectivity index is 2.21. The minimum Gasteiger partial charge on any atom is -0.508 e. The van der Waals surface area contributed by atoms with Gasteiger partial charge in [-0.25, -0.2) is 0 Å². The van der Waals surface area contributed by atoms with Crippen LogP contribution in [0.3, 0.4) is 0 Å². The summed E-state index contributed by atoms with van der Waals surface area (Å²) < 4.78 is 0. The van der Waals surface area contributed by atoms with E-state index in [9.17, 15) is 5.11 Å². The molecular formula is C10H13NO. The maximum Gasteiger partial charge on any atom is 0.115 e. The first-order valence-electron chi connectivity index (χ1n) is 4.38. The Labute approximate surface area is 72.2 Å². The molecule has 2 heteroatoms. The summed E-state index contributed by atoms with van der Waals surface area (Å²) >= 11 is 0. The minimum atomic E-state index is 0.362. The fourth-order valence-electron chi connectivity index (χ4n) is 1.71. The molecule has 12 heavy (non-hydrogen) atoms. The van der Waals surface area contributed by atoms with Gasteiger partial charge in [-0.3, -0.25) is 0 Å². The number of benzene rings is 1. The van der Waals surface area contributed by atoms with E-state index in [2.05, 4.69) is 11.4 Å². The number of hydrogen-bond acceptors (Lipinski definition) is 2. The molecule has 1 fully saturated rings. The van der Waals surface area contributed by atoms with Gasteiger partial charge in [0.25, 0.3) is 0 Å². The van der Waals surface area contributed by atoms with Crippen molar-refractivity contribution in [2.75, 3.05) is 6.54 Å². The first kappa shape index (κ1) is 7.62. The quantitative estimate of drug-likeness (QED) is 0.661. The van der Waals surface area contributed by atoms with E-state index >= 15 is 0 Å². The standard InChI is InChI=1S/C10H13NO/c12-9-4-1-3-8(7-9)10-5-2-6-11-10/h1,3-4,7,10-12H,2,5-6H2/t10-/m0/s1. The van der Waals surface area contributed by atoms with Crippen molar-refractivity contribution in [2.24, 2.45) is 0 Å². The molecule has 2 rings (SSSR count). The predicted octanol–water partition coefficient (Wildman–Crippen LogP) is 1.82. The Hall–Kier alpha value is -1.02. The third-order valence-electron chi connectivity index (χ3n) is 2.33. The number of nitrogens with one attached hydrogen (secondary N) is 1. The Morgan fingerprint density at radius 1 is 1.42 bits per heavy atom. The lowest BCUT2D eigenvalue weighted by atomic mass is 10.1. The normalized spacial score (nSPS) is 22.8. The second-order valence-electron chi connectivity index (χ2n) is 3.24. The number of aromatic hydroxyl groups is 1. The molecule has 0 unspecified atom stereocenters. The second-order valence-corrected chi connectivity index (χ2v) is 3.24. The minimum absolute atomic E-state index is 0.362. The molecule has 0 amide bonds. The molecule has 1 aliphatic heterocycles. The lowest BCUT2D eigenvalue weighted by Crippen LogP contribution is -2.12. The Morgan fingerprint density at radius 3 is 3.00 bits per heavy atom. The summed E-state index contributed by atoms with van der Waals surface area (Å²) in [5.74, 6) is 0.362. The van der Waals surface area contributed by atoms with Gasteiger partial charge in [-0.2, -0.15) is 0 Å². The van der Waals surface area contributed by atoms with Crippen LogP contribution in [0.5, 0.6) is 5.75 Å². The summed E-state index contributed by atoms with van der Waals surface area (Å²) in [7, 11) is 0. The molecule has 0 aliphatic carbocycles. The van der Waals surface area contributed by atoms with Gasteiger partial charge in [-0.15, -0.1) is 0 Å². The summed E-state index contributed by atoms with van der Waals surface area (Å²) in [4.78, 5) is 0. The molecule has 1 saturated heterocycles. The smallest absolute Gasteiger partial charge is 0.115 e. The molecular weight excluding hydrogens is 150 g/mol. The number of phenolic OH excluding ortho intramolecular Hbond substituents is 1. The molecule has 1 aromatic rings. The zero-order valence-corrected chi connectivity index (χ0v) is 6.96. The van der Waals surface area contributed by atoms with E-state index < -0.39 is 0 Å². The van der Waals surface area contributed by atoms with Crippen LogP contribution in [0.4, 0.5) is 0 Å². The molecule has 1 heterocycles. The maximum absolute atomic E-state index is 9.25. The third-order valence-corrected chi connectivity index (χ3v) is 2.33. The predicted molar refractivity (Wildman–Crippen MR) is 48.1 cm³/mol. The van der Waals surface area contributed by atoms with Gasteiger partial charge in [-0.05, 0) is 37.1 Å². The van der Waals surface area contributed by atoms with Gasteiger partial charge in [0, 0.05) is 6.04 Å². The van der Waals surface area contributed by atoms with Gasteiger partial charge in [0.2, 0.25) is 0 Å². The van der Waals surface area contributed by atoms with Crippen LogP contribution >= 0.6 is 0 Å². The largest absolute Gasteiger partial charge is 0.508 e. The first-order chi connectivity index (χ1) is 5.86. The van der Waals surface area contributed by atoms with Gasteiger partial charge in [0.1, 0.15) is 5.75 Å². The van der Waals surface area contributed by atoms with Gasteiger partial charge < -0.3 is 10.4 Å². The number of phenols is 1. The highest BCUT2D eigenvalue weighted by Gasteiger charge is 2.15. The SMILES string of the molecule is Oc1cccc([C@@H]2CCCN2)c1. The molecule has 64 valence electrons. The topological polar surface area (TPSA) is 32.3 Å². The third kappa shape index (κ3) is 1.43. The molecule has 1 aliphatic rings. The summed E-state index contributed by atoms with van der Waals surface area (Å²) in [6.45, 7) is 1.10. The molecule has 0 aromatic heterocycles. The van der Waals surface area contributed by atoms with Crippen LogP contribution in [0.1, 0.15) is 24.4 Å². The van der Waals surface area contributed by atoms with Crippen molar-refractivity contribution in [3.8, 4) is 5.75 Å². The van der Waals surface area contributed by atoms with Crippen LogP contribution in [0.25, 0.3) is 0 Å². The van der Waals surface area contributed by atoms with Crippen molar-refractivity contribution in [1.82, 2.24) is 5.32 Å². The molecule has 1 aromatic carbocycles. The van der Waals surface area contributed by atoms with E-state index in [1.165, 1.54) is 18.4 Å². The molecule has 2 N–H and O–H groups in total. The van der Waals surface area contributed by atoms with Crippen LogP contribution in [0.15, 0.2) is 24.3 Å². The van der Waals surface area contributed by atoms with E-state index in [0.717, 1.165) is 6.54 Å². The molecule has 0 spiro atoms. The lowest BCUT2D eigenvalue weighted by Gasteiger charge is -2.09. The average Bonchev–Trinajstić information content (AvgIpc) is 2.56. The zero-order chi connectivity index (χ0) is 8.39. The van der Waals surface area contributed by atoms with E-state index in [4.69, 9.17) is 0 Å². The Bertz CT molecular complexity index is 266. The van der Waals surface area contributed by atoms with Crippen LogP contribution in [-0.4, -0.2) is 11.7 Å². The van der Waals surface area contributed by atoms with E-state index in [0.29, 0.717) is 11.8 Å². The maximum atomic E-state index is 9.25. The summed E-state index contributed by atoms with van der Waals surface area (Å²) in [6, 6.07) is 7.95. The molecule has 0 bridgehead atoms. The van der Waals surface area contributed by atoms with Crippen molar-refractivity contribution in [2.45, 2.75) is 18.9 Å². The summed E-state index contributed by atoms with van der Waals surface area (Å²) in [5, 5.41) is 12.6.